The normalized spacial score (nSPS) is 10.3. The van der Waals surface area contributed by atoms with Gasteiger partial charge in [0.2, 0.25) is 0 Å². The van der Waals surface area contributed by atoms with Crippen molar-refractivity contribution in [2.75, 3.05) is 37.5 Å². The van der Waals surface area contributed by atoms with Crippen LogP contribution >= 0.6 is 11.8 Å². The molecule has 1 aromatic rings. The fourth-order valence-electron chi connectivity index (χ4n) is 1.82. The van der Waals surface area contributed by atoms with Crippen LogP contribution in [0.5, 0.6) is 0 Å². The molecule has 3 nitrogen and oxygen atoms in total. The van der Waals surface area contributed by atoms with Crippen LogP contribution in [0, 0.1) is 6.92 Å². The summed E-state index contributed by atoms with van der Waals surface area (Å²) < 4.78 is 0. The van der Waals surface area contributed by atoms with E-state index in [4.69, 9.17) is 0 Å². The number of nitrogens with zero attached hydrogens (tertiary/aromatic N) is 1. The molecule has 0 radical (unpaired) electrons. The summed E-state index contributed by atoms with van der Waals surface area (Å²) in [6, 6.07) is 5.95. The van der Waals surface area contributed by atoms with Crippen molar-refractivity contribution in [3.05, 3.63) is 29.3 Å². The van der Waals surface area contributed by atoms with Gasteiger partial charge >= 0.3 is 0 Å². The molecule has 0 bridgehead atoms. The zero-order valence-electron chi connectivity index (χ0n) is 12.3. The summed E-state index contributed by atoms with van der Waals surface area (Å²) in [5.74, 6) is 1.07. The van der Waals surface area contributed by atoms with Crippen LogP contribution in [0.4, 0.5) is 5.69 Å². The first kappa shape index (κ1) is 15.9. The first-order valence-corrected chi connectivity index (χ1v) is 8.08. The van der Waals surface area contributed by atoms with E-state index in [1.807, 2.05) is 32.2 Å². The van der Waals surface area contributed by atoms with Gasteiger partial charge in [-0.3, -0.25) is 4.79 Å². The third kappa shape index (κ3) is 4.78. The van der Waals surface area contributed by atoms with Gasteiger partial charge < -0.3 is 10.2 Å². The van der Waals surface area contributed by atoms with Crippen LogP contribution in [0.25, 0.3) is 0 Å². The van der Waals surface area contributed by atoms with Crippen molar-refractivity contribution in [3.63, 3.8) is 0 Å². The molecule has 0 saturated carbocycles. The Kier molecular flexibility index (Phi) is 6.78. The average Bonchev–Trinajstić information content (AvgIpc) is 2.41. The molecule has 0 aliphatic rings. The van der Waals surface area contributed by atoms with E-state index in [2.05, 4.69) is 18.5 Å². The van der Waals surface area contributed by atoms with Crippen LogP contribution in [0.15, 0.2) is 18.2 Å². The number of thioether (sulfide) groups is 1. The lowest BCUT2D eigenvalue weighted by Crippen LogP contribution is -2.29. The first-order valence-electron chi connectivity index (χ1n) is 6.69. The van der Waals surface area contributed by atoms with Crippen molar-refractivity contribution >= 4 is 23.4 Å². The van der Waals surface area contributed by atoms with Gasteiger partial charge in [0.15, 0.2) is 0 Å². The molecular formula is C15H24N2OS. The maximum Gasteiger partial charge on any atom is 0.253 e. The summed E-state index contributed by atoms with van der Waals surface area (Å²) in [7, 11) is 1.86. The van der Waals surface area contributed by atoms with Crippen LogP contribution < -0.4 is 5.32 Å². The van der Waals surface area contributed by atoms with Gasteiger partial charge in [-0.1, -0.05) is 6.92 Å². The van der Waals surface area contributed by atoms with Gasteiger partial charge in [-0.05, 0) is 43.4 Å². The Labute approximate surface area is 120 Å². The molecule has 0 saturated heterocycles. The van der Waals surface area contributed by atoms with Crippen LogP contribution in [0.2, 0.25) is 0 Å². The Hall–Kier alpha value is -1.16. The van der Waals surface area contributed by atoms with Crippen molar-refractivity contribution in [1.82, 2.24) is 4.90 Å². The largest absolute Gasteiger partial charge is 0.385 e. The molecule has 0 fully saturated rings. The molecule has 19 heavy (non-hydrogen) atoms. The molecular weight excluding hydrogens is 256 g/mol. The van der Waals surface area contributed by atoms with Gasteiger partial charge in [-0.25, -0.2) is 0 Å². The minimum Gasteiger partial charge on any atom is -0.385 e. The minimum atomic E-state index is 0.105. The Bertz CT molecular complexity index is 421. The van der Waals surface area contributed by atoms with E-state index in [1.165, 1.54) is 0 Å². The molecule has 0 aliphatic heterocycles. The number of hydrogen-bond acceptors (Lipinski definition) is 3. The molecule has 4 heteroatoms. The van der Waals surface area contributed by atoms with E-state index in [1.54, 1.807) is 16.7 Å². The van der Waals surface area contributed by atoms with Crippen LogP contribution in [0.1, 0.15) is 29.3 Å². The highest BCUT2D eigenvalue weighted by Crippen LogP contribution is 2.17. The fraction of sp³-hybridized carbons (Fsp3) is 0.533. The number of anilines is 1. The predicted octanol–water partition coefficient (Wildman–Crippen LogP) is 3.25. The zero-order chi connectivity index (χ0) is 14.3. The molecule has 0 atom stereocenters. The number of amides is 1. The van der Waals surface area contributed by atoms with Crippen LogP contribution in [0.3, 0.4) is 0 Å². The van der Waals surface area contributed by atoms with Crippen LogP contribution in [-0.4, -0.2) is 43.0 Å². The third-order valence-electron chi connectivity index (χ3n) is 3.01. The molecule has 0 heterocycles. The molecule has 1 rings (SSSR count). The molecule has 1 amide bonds. The van der Waals surface area contributed by atoms with Crippen molar-refractivity contribution < 1.29 is 4.79 Å². The van der Waals surface area contributed by atoms with Crippen LogP contribution in [-0.2, 0) is 0 Å². The standard InChI is InChI=1S/C15H24N2OS/c1-5-8-16-13-6-7-14(12(2)11-13)15(18)17(3)9-10-19-4/h6-7,11,16H,5,8-10H2,1-4H3. The average molecular weight is 280 g/mol. The van der Waals surface area contributed by atoms with E-state index in [0.717, 1.165) is 42.1 Å². The van der Waals surface area contributed by atoms with Crippen molar-refractivity contribution in [3.8, 4) is 0 Å². The number of hydrogen-bond donors (Lipinski definition) is 1. The van der Waals surface area contributed by atoms with E-state index >= 15 is 0 Å². The van der Waals surface area contributed by atoms with Crippen molar-refractivity contribution in [2.45, 2.75) is 20.3 Å². The third-order valence-corrected chi connectivity index (χ3v) is 3.60. The minimum absolute atomic E-state index is 0.105. The number of nitrogens with one attached hydrogen (secondary N) is 1. The highest BCUT2D eigenvalue weighted by atomic mass is 32.2. The maximum absolute atomic E-state index is 12.3. The van der Waals surface area contributed by atoms with Gasteiger partial charge in [0.1, 0.15) is 0 Å². The molecule has 0 spiro atoms. The van der Waals surface area contributed by atoms with Crippen molar-refractivity contribution in [2.24, 2.45) is 0 Å². The molecule has 0 unspecified atom stereocenters. The van der Waals surface area contributed by atoms with Gasteiger partial charge in [0.05, 0.1) is 0 Å². The second-order valence-corrected chi connectivity index (χ2v) is 5.66. The van der Waals surface area contributed by atoms with E-state index in [9.17, 15) is 4.79 Å². The molecule has 106 valence electrons. The van der Waals surface area contributed by atoms with E-state index < -0.39 is 0 Å². The Balaban J connectivity index is 2.75. The van der Waals surface area contributed by atoms with E-state index in [-0.39, 0.29) is 5.91 Å². The lowest BCUT2D eigenvalue weighted by Gasteiger charge is -2.18. The Morgan fingerprint density at radius 1 is 1.42 bits per heavy atom. The molecule has 0 aliphatic carbocycles. The number of rotatable bonds is 7. The molecule has 0 aromatic heterocycles. The van der Waals surface area contributed by atoms with Crippen molar-refractivity contribution in [1.29, 1.82) is 0 Å². The topological polar surface area (TPSA) is 32.3 Å². The summed E-state index contributed by atoms with van der Waals surface area (Å²) in [6.07, 6.45) is 3.15. The smallest absolute Gasteiger partial charge is 0.253 e. The Morgan fingerprint density at radius 2 is 2.16 bits per heavy atom. The number of carbonyl (C=O) groups excluding carboxylic acids is 1. The summed E-state index contributed by atoms with van der Waals surface area (Å²) in [6.45, 7) is 5.88. The lowest BCUT2D eigenvalue weighted by molar-refractivity contribution is 0.0803. The first-order chi connectivity index (χ1) is 9.10. The summed E-state index contributed by atoms with van der Waals surface area (Å²) in [5.41, 5.74) is 2.91. The lowest BCUT2D eigenvalue weighted by atomic mass is 10.1. The monoisotopic (exact) mass is 280 g/mol. The zero-order valence-corrected chi connectivity index (χ0v) is 13.1. The maximum atomic E-state index is 12.3. The fourth-order valence-corrected chi connectivity index (χ4v) is 2.27. The number of aryl methyl sites for hydroxylation is 1. The summed E-state index contributed by atoms with van der Waals surface area (Å²) >= 11 is 1.75. The highest BCUT2D eigenvalue weighted by Gasteiger charge is 2.13. The van der Waals surface area contributed by atoms with Gasteiger partial charge in [0.25, 0.3) is 5.91 Å². The number of benzene rings is 1. The van der Waals surface area contributed by atoms with Gasteiger partial charge in [-0.2, -0.15) is 11.8 Å². The second kappa shape index (κ2) is 8.10. The van der Waals surface area contributed by atoms with Gasteiger partial charge in [0, 0.05) is 37.1 Å². The molecule has 1 N–H and O–H groups in total. The molecule has 1 aromatic carbocycles. The van der Waals surface area contributed by atoms with Gasteiger partial charge in [-0.15, -0.1) is 0 Å². The van der Waals surface area contributed by atoms with E-state index in [0.29, 0.717) is 0 Å². The number of carbonyl (C=O) groups is 1. The SMILES string of the molecule is CCCNc1ccc(C(=O)N(C)CCSC)c(C)c1. The summed E-state index contributed by atoms with van der Waals surface area (Å²) in [4.78, 5) is 14.1. The highest BCUT2D eigenvalue weighted by molar-refractivity contribution is 7.98. The predicted molar refractivity (Wildman–Crippen MR) is 85.3 cm³/mol. The quantitative estimate of drug-likeness (QED) is 0.832. The Morgan fingerprint density at radius 3 is 2.74 bits per heavy atom. The summed E-state index contributed by atoms with van der Waals surface area (Å²) in [5, 5.41) is 3.34. The second-order valence-electron chi connectivity index (χ2n) is 4.68.